The maximum atomic E-state index is 11.1. The highest BCUT2D eigenvalue weighted by atomic mass is 79.9. The van der Waals surface area contributed by atoms with Gasteiger partial charge in [-0.3, -0.25) is 4.79 Å². The monoisotopic (exact) mass is 327 g/mol. The smallest absolute Gasteiger partial charge is 0.220 e. The number of anilines is 1. The molecular formula is C12H14BrN3OS. The molecule has 0 aromatic heterocycles. The molecule has 96 valence electrons. The molecule has 2 rings (SSSR count). The number of thiocarbonyl (C=S) groups is 1. The number of benzene rings is 1. The Balaban J connectivity index is 2.16. The number of carbonyl (C=O) groups is 1. The Morgan fingerprint density at radius 2 is 2.33 bits per heavy atom. The van der Waals surface area contributed by atoms with Crippen LogP contribution in [0.2, 0.25) is 0 Å². The zero-order valence-corrected chi connectivity index (χ0v) is 12.1. The van der Waals surface area contributed by atoms with Gasteiger partial charge in [0.2, 0.25) is 5.91 Å². The third-order valence-electron chi connectivity index (χ3n) is 2.89. The van der Waals surface area contributed by atoms with Crippen molar-refractivity contribution in [2.24, 2.45) is 5.73 Å². The molecule has 1 aliphatic rings. The molecule has 1 heterocycles. The van der Waals surface area contributed by atoms with Gasteiger partial charge in [0, 0.05) is 34.7 Å². The van der Waals surface area contributed by atoms with Crippen molar-refractivity contribution in [1.29, 1.82) is 0 Å². The van der Waals surface area contributed by atoms with E-state index in [1.807, 2.05) is 18.2 Å². The number of nitrogens with two attached hydrogens (primary N) is 1. The van der Waals surface area contributed by atoms with Crippen molar-refractivity contribution in [2.45, 2.75) is 18.9 Å². The van der Waals surface area contributed by atoms with E-state index in [9.17, 15) is 4.79 Å². The average molecular weight is 328 g/mol. The van der Waals surface area contributed by atoms with Crippen LogP contribution >= 0.6 is 28.1 Å². The fourth-order valence-corrected chi connectivity index (χ4v) is 2.90. The molecule has 1 aromatic rings. The molecule has 4 nitrogen and oxygen atoms in total. The second-order valence-corrected chi connectivity index (χ2v) is 5.50. The van der Waals surface area contributed by atoms with Gasteiger partial charge in [0.05, 0.1) is 0 Å². The summed E-state index contributed by atoms with van der Waals surface area (Å²) in [5.74, 6) is 0.108. The van der Waals surface area contributed by atoms with Crippen molar-refractivity contribution >= 4 is 44.7 Å². The van der Waals surface area contributed by atoms with Gasteiger partial charge in [-0.05, 0) is 34.5 Å². The number of carbonyl (C=O) groups excluding carboxylic acids is 1. The number of piperidine rings is 1. The fraction of sp³-hybridized carbons (Fsp3) is 0.333. The van der Waals surface area contributed by atoms with Crippen LogP contribution in [0.5, 0.6) is 0 Å². The molecule has 4 N–H and O–H groups in total. The maximum absolute atomic E-state index is 11.1. The zero-order valence-electron chi connectivity index (χ0n) is 9.70. The molecule has 0 radical (unpaired) electrons. The number of halogens is 1. The molecular weight excluding hydrogens is 314 g/mol. The van der Waals surface area contributed by atoms with Crippen LogP contribution < -0.4 is 16.4 Å². The standard InChI is InChI=1S/C12H14BrN3OS/c13-8-2-1-3-9(11(8)12(14)18)16-7-4-5-10(17)15-6-7/h1-3,7,16H,4-6H2,(H2,14,18)(H,15,17). The minimum absolute atomic E-state index is 0.108. The van der Waals surface area contributed by atoms with Crippen LogP contribution in [-0.4, -0.2) is 23.5 Å². The van der Waals surface area contributed by atoms with Gasteiger partial charge in [-0.1, -0.05) is 18.3 Å². The van der Waals surface area contributed by atoms with E-state index in [-0.39, 0.29) is 11.9 Å². The zero-order chi connectivity index (χ0) is 13.1. The Kier molecular flexibility index (Phi) is 4.19. The van der Waals surface area contributed by atoms with Gasteiger partial charge in [-0.15, -0.1) is 0 Å². The Labute approximate surface area is 119 Å². The third kappa shape index (κ3) is 3.00. The summed E-state index contributed by atoms with van der Waals surface area (Å²) in [5, 5.41) is 6.22. The summed E-state index contributed by atoms with van der Waals surface area (Å²) in [6, 6.07) is 5.98. The highest BCUT2D eigenvalue weighted by Crippen LogP contribution is 2.26. The molecule has 1 unspecified atom stereocenters. The summed E-state index contributed by atoms with van der Waals surface area (Å²) < 4.78 is 0.875. The molecule has 1 saturated heterocycles. The SMILES string of the molecule is NC(=S)c1c(Br)cccc1NC1CCC(=O)NC1. The first-order valence-electron chi connectivity index (χ1n) is 5.69. The van der Waals surface area contributed by atoms with E-state index in [4.69, 9.17) is 18.0 Å². The summed E-state index contributed by atoms with van der Waals surface area (Å²) in [4.78, 5) is 11.5. The predicted molar refractivity (Wildman–Crippen MR) is 79.7 cm³/mol. The van der Waals surface area contributed by atoms with Gasteiger partial charge in [0.1, 0.15) is 4.99 Å². The number of amides is 1. The summed E-state index contributed by atoms with van der Waals surface area (Å²) in [6.07, 6.45) is 1.36. The minimum Gasteiger partial charge on any atom is -0.389 e. The van der Waals surface area contributed by atoms with Crippen molar-refractivity contribution in [3.63, 3.8) is 0 Å². The summed E-state index contributed by atoms with van der Waals surface area (Å²) in [6.45, 7) is 0.627. The van der Waals surface area contributed by atoms with Crippen LogP contribution in [0.1, 0.15) is 18.4 Å². The van der Waals surface area contributed by atoms with E-state index in [0.29, 0.717) is 18.0 Å². The number of rotatable bonds is 3. The van der Waals surface area contributed by atoms with Gasteiger partial charge >= 0.3 is 0 Å². The lowest BCUT2D eigenvalue weighted by molar-refractivity contribution is -0.122. The topological polar surface area (TPSA) is 67.1 Å². The largest absolute Gasteiger partial charge is 0.389 e. The van der Waals surface area contributed by atoms with Crippen LogP contribution in [0.25, 0.3) is 0 Å². The van der Waals surface area contributed by atoms with Crippen LogP contribution in [0, 0.1) is 0 Å². The lowest BCUT2D eigenvalue weighted by Crippen LogP contribution is -2.42. The van der Waals surface area contributed by atoms with Crippen molar-refractivity contribution in [3.05, 3.63) is 28.2 Å². The molecule has 1 aromatic carbocycles. The first-order chi connectivity index (χ1) is 8.58. The van der Waals surface area contributed by atoms with Gasteiger partial charge in [0.25, 0.3) is 0 Å². The Hall–Kier alpha value is -1.14. The molecule has 1 amide bonds. The normalized spacial score (nSPS) is 19.2. The number of hydrogen-bond acceptors (Lipinski definition) is 3. The summed E-state index contributed by atoms with van der Waals surface area (Å²) in [5.41, 5.74) is 7.44. The van der Waals surface area contributed by atoms with Crippen LogP contribution in [0.15, 0.2) is 22.7 Å². The predicted octanol–water partition coefficient (Wildman–Crippen LogP) is 1.77. The van der Waals surface area contributed by atoms with E-state index in [2.05, 4.69) is 26.6 Å². The lowest BCUT2D eigenvalue weighted by Gasteiger charge is -2.25. The lowest BCUT2D eigenvalue weighted by atomic mass is 10.1. The minimum atomic E-state index is 0.108. The molecule has 1 aliphatic heterocycles. The van der Waals surface area contributed by atoms with Gasteiger partial charge in [-0.2, -0.15) is 0 Å². The van der Waals surface area contributed by atoms with Crippen molar-refractivity contribution < 1.29 is 4.79 Å². The van der Waals surface area contributed by atoms with Crippen molar-refractivity contribution in [3.8, 4) is 0 Å². The van der Waals surface area contributed by atoms with Crippen LogP contribution in [0.3, 0.4) is 0 Å². The molecule has 0 spiro atoms. The Bertz CT molecular complexity index is 482. The molecule has 0 saturated carbocycles. The first kappa shape index (κ1) is 13.3. The quantitative estimate of drug-likeness (QED) is 0.740. The third-order valence-corrected chi connectivity index (χ3v) is 3.75. The second kappa shape index (κ2) is 5.67. The molecule has 1 fully saturated rings. The van der Waals surface area contributed by atoms with Gasteiger partial charge < -0.3 is 16.4 Å². The molecule has 0 bridgehead atoms. The van der Waals surface area contributed by atoms with Crippen LogP contribution in [0.4, 0.5) is 5.69 Å². The van der Waals surface area contributed by atoms with E-state index in [1.165, 1.54) is 0 Å². The van der Waals surface area contributed by atoms with E-state index in [1.54, 1.807) is 0 Å². The first-order valence-corrected chi connectivity index (χ1v) is 6.89. The van der Waals surface area contributed by atoms with Crippen molar-refractivity contribution in [2.75, 3.05) is 11.9 Å². The van der Waals surface area contributed by atoms with Crippen molar-refractivity contribution in [1.82, 2.24) is 5.32 Å². The Morgan fingerprint density at radius 3 is 2.94 bits per heavy atom. The molecule has 0 aliphatic carbocycles. The molecule has 18 heavy (non-hydrogen) atoms. The Morgan fingerprint density at radius 1 is 1.56 bits per heavy atom. The number of hydrogen-bond donors (Lipinski definition) is 3. The maximum Gasteiger partial charge on any atom is 0.220 e. The van der Waals surface area contributed by atoms with E-state index < -0.39 is 0 Å². The molecule has 6 heteroatoms. The summed E-state index contributed by atoms with van der Waals surface area (Å²) >= 11 is 8.51. The van der Waals surface area contributed by atoms with Crippen LogP contribution in [-0.2, 0) is 4.79 Å². The second-order valence-electron chi connectivity index (χ2n) is 4.21. The van der Waals surface area contributed by atoms with E-state index in [0.717, 1.165) is 22.1 Å². The average Bonchev–Trinajstić information content (AvgIpc) is 2.32. The molecule has 1 atom stereocenters. The highest BCUT2D eigenvalue weighted by Gasteiger charge is 2.19. The van der Waals surface area contributed by atoms with Gasteiger partial charge in [-0.25, -0.2) is 0 Å². The number of nitrogens with one attached hydrogen (secondary N) is 2. The van der Waals surface area contributed by atoms with Gasteiger partial charge in [0.15, 0.2) is 0 Å². The van der Waals surface area contributed by atoms with E-state index >= 15 is 0 Å². The fourth-order valence-electron chi connectivity index (χ4n) is 1.97. The summed E-state index contributed by atoms with van der Waals surface area (Å²) in [7, 11) is 0. The highest BCUT2D eigenvalue weighted by molar-refractivity contribution is 9.10.